The number of nitrogens with zero attached hydrogens (tertiary/aromatic N) is 4. The maximum atomic E-state index is 12.8. The molecule has 2 aromatic heterocycles. The molecule has 1 saturated carbocycles. The molecule has 1 aliphatic carbocycles. The van der Waals surface area contributed by atoms with Gasteiger partial charge in [0.1, 0.15) is 0 Å². The second-order valence-corrected chi connectivity index (χ2v) is 6.78. The minimum atomic E-state index is 0.00764. The molecule has 7 heteroatoms. The Balaban J connectivity index is 1.35. The maximum Gasteiger partial charge on any atom is 0.255 e. The third-order valence-corrected chi connectivity index (χ3v) is 5.06. The molecule has 1 saturated heterocycles. The number of pyridine rings is 1. The molecule has 0 spiro atoms. The van der Waals surface area contributed by atoms with Crippen LogP contribution in [-0.2, 0) is 16.1 Å². The second-order valence-electron chi connectivity index (χ2n) is 6.78. The van der Waals surface area contributed by atoms with Gasteiger partial charge >= 0.3 is 0 Å². The highest BCUT2D eigenvalue weighted by atomic mass is 16.5. The topological polar surface area (TPSA) is 77.4 Å². The molecule has 2 aliphatic rings. The Labute approximate surface area is 152 Å². The first kappa shape index (κ1) is 17.1. The van der Waals surface area contributed by atoms with Crippen LogP contribution in [0.5, 0.6) is 0 Å². The van der Waals surface area contributed by atoms with Crippen LogP contribution in [0.15, 0.2) is 42.9 Å². The highest BCUT2D eigenvalue weighted by molar-refractivity contribution is 5.94. The summed E-state index contributed by atoms with van der Waals surface area (Å²) in [5.74, 6) is 0.394. The molecule has 0 radical (unpaired) electrons. The van der Waals surface area contributed by atoms with Gasteiger partial charge in [-0.1, -0.05) is 6.07 Å². The number of fused-ring (bicyclic) bond motifs is 1. The summed E-state index contributed by atoms with van der Waals surface area (Å²) >= 11 is 0. The Bertz CT molecular complexity index is 728. The highest BCUT2D eigenvalue weighted by Crippen LogP contribution is 2.35. The zero-order valence-corrected chi connectivity index (χ0v) is 14.5. The Morgan fingerprint density at radius 3 is 3.00 bits per heavy atom. The van der Waals surface area contributed by atoms with Crippen LogP contribution in [0.2, 0.25) is 0 Å². The van der Waals surface area contributed by atoms with E-state index >= 15 is 0 Å². The summed E-state index contributed by atoms with van der Waals surface area (Å²) in [5, 5.41) is 7.56. The van der Waals surface area contributed by atoms with Crippen molar-refractivity contribution in [2.75, 3.05) is 19.8 Å². The van der Waals surface area contributed by atoms with Gasteiger partial charge in [-0.3, -0.25) is 9.78 Å². The lowest BCUT2D eigenvalue weighted by Crippen LogP contribution is -2.51. The summed E-state index contributed by atoms with van der Waals surface area (Å²) in [6.45, 7) is 2.36. The molecule has 0 unspecified atom stereocenters. The lowest BCUT2D eigenvalue weighted by molar-refractivity contribution is -0.0450. The van der Waals surface area contributed by atoms with Crippen molar-refractivity contribution in [3.05, 3.63) is 54.1 Å². The van der Waals surface area contributed by atoms with Crippen molar-refractivity contribution in [1.82, 2.24) is 20.1 Å². The van der Waals surface area contributed by atoms with E-state index in [9.17, 15) is 4.79 Å². The van der Waals surface area contributed by atoms with E-state index in [-0.39, 0.29) is 18.1 Å². The van der Waals surface area contributed by atoms with Gasteiger partial charge in [-0.15, -0.1) is 0 Å². The quantitative estimate of drug-likeness (QED) is 0.813. The van der Waals surface area contributed by atoms with Gasteiger partial charge < -0.3 is 14.4 Å². The van der Waals surface area contributed by atoms with Crippen LogP contribution in [-0.4, -0.2) is 57.9 Å². The van der Waals surface area contributed by atoms with Crippen LogP contribution in [0.25, 0.3) is 0 Å². The van der Waals surface area contributed by atoms with Crippen LogP contribution in [0, 0.1) is 5.92 Å². The van der Waals surface area contributed by atoms with Crippen LogP contribution >= 0.6 is 0 Å². The molecule has 0 N–H and O–H groups in total. The van der Waals surface area contributed by atoms with Crippen LogP contribution in [0.1, 0.15) is 28.9 Å². The summed E-state index contributed by atoms with van der Waals surface area (Å²) in [4.78, 5) is 19.0. The van der Waals surface area contributed by atoms with Gasteiger partial charge in [-0.05, 0) is 37.0 Å². The molecule has 3 heterocycles. The van der Waals surface area contributed by atoms with E-state index in [1.165, 1.54) is 6.20 Å². The van der Waals surface area contributed by atoms with E-state index in [1.54, 1.807) is 18.5 Å². The number of rotatable bonds is 5. The van der Waals surface area contributed by atoms with Gasteiger partial charge in [0.15, 0.2) is 0 Å². The van der Waals surface area contributed by atoms with Gasteiger partial charge in [0.05, 0.1) is 55.6 Å². The molecule has 3 atom stereocenters. The average molecular weight is 354 g/mol. The van der Waals surface area contributed by atoms with Crippen molar-refractivity contribution in [1.29, 1.82) is 0 Å². The largest absolute Gasteiger partial charge is 0.375 e. The van der Waals surface area contributed by atoms with Crippen molar-refractivity contribution >= 4 is 5.91 Å². The Morgan fingerprint density at radius 1 is 1.23 bits per heavy atom. The maximum absolute atomic E-state index is 12.8. The third kappa shape index (κ3) is 3.73. The number of carbonyl (C=O) groups excluding carboxylic acids is 1. The minimum absolute atomic E-state index is 0.00764. The Morgan fingerprint density at radius 2 is 2.19 bits per heavy atom. The second kappa shape index (κ2) is 7.88. The molecule has 0 aromatic carbocycles. The van der Waals surface area contributed by atoms with Crippen molar-refractivity contribution < 1.29 is 14.3 Å². The fraction of sp³-hybridized carbons (Fsp3) is 0.474. The molecule has 1 aliphatic heterocycles. The molecular weight excluding hydrogens is 332 g/mol. The Hall–Kier alpha value is -2.38. The average Bonchev–Trinajstić information content (AvgIpc) is 3.12. The molecule has 4 rings (SSSR count). The molecule has 136 valence electrons. The van der Waals surface area contributed by atoms with Crippen molar-refractivity contribution in [3.63, 3.8) is 0 Å². The van der Waals surface area contributed by atoms with E-state index in [4.69, 9.17) is 9.47 Å². The van der Waals surface area contributed by atoms with Gasteiger partial charge in [0.2, 0.25) is 0 Å². The summed E-state index contributed by atoms with van der Waals surface area (Å²) < 4.78 is 11.8. The van der Waals surface area contributed by atoms with Gasteiger partial charge in [-0.25, -0.2) is 0 Å². The normalized spacial score (nSPS) is 25.1. The SMILES string of the molecule is O=C(c1ccnnc1)N1CCO[C@H]2C[C@@H](COCc3ccccn3)C[C@@H]21. The fourth-order valence-corrected chi connectivity index (χ4v) is 3.84. The van der Waals surface area contributed by atoms with Gasteiger partial charge in [0.25, 0.3) is 5.91 Å². The first-order valence-electron chi connectivity index (χ1n) is 8.98. The number of hydrogen-bond donors (Lipinski definition) is 0. The van der Waals surface area contributed by atoms with Gasteiger partial charge in [-0.2, -0.15) is 10.2 Å². The number of aromatic nitrogens is 3. The minimum Gasteiger partial charge on any atom is -0.375 e. The number of carbonyl (C=O) groups is 1. The fourth-order valence-electron chi connectivity index (χ4n) is 3.84. The number of morpholine rings is 1. The summed E-state index contributed by atoms with van der Waals surface area (Å²) in [6, 6.07) is 7.63. The smallest absolute Gasteiger partial charge is 0.255 e. The van der Waals surface area contributed by atoms with Crippen molar-refractivity contribution in [3.8, 4) is 0 Å². The first-order chi connectivity index (χ1) is 12.8. The molecule has 1 amide bonds. The standard InChI is InChI=1S/C19H22N4O3/c24-19(15-4-6-21-22-11-15)23-7-8-26-18-10-14(9-17(18)23)12-25-13-16-3-1-2-5-20-16/h1-6,11,14,17-18H,7-10,12-13H2/t14-,17-,18-/m0/s1. The monoisotopic (exact) mass is 354 g/mol. The third-order valence-electron chi connectivity index (χ3n) is 5.06. The predicted octanol–water partition coefficient (Wildman–Crippen LogP) is 1.71. The van der Waals surface area contributed by atoms with Crippen LogP contribution < -0.4 is 0 Å². The summed E-state index contributed by atoms with van der Waals surface area (Å²) in [5.41, 5.74) is 1.51. The molecule has 2 fully saturated rings. The lowest BCUT2D eigenvalue weighted by atomic mass is 10.1. The van der Waals surface area contributed by atoms with Crippen molar-refractivity contribution in [2.24, 2.45) is 5.92 Å². The lowest BCUT2D eigenvalue weighted by Gasteiger charge is -2.37. The van der Waals surface area contributed by atoms with E-state index in [0.717, 1.165) is 18.5 Å². The molecule has 26 heavy (non-hydrogen) atoms. The number of ether oxygens (including phenoxy) is 2. The summed E-state index contributed by atoms with van der Waals surface area (Å²) in [7, 11) is 0. The van der Waals surface area contributed by atoms with E-state index < -0.39 is 0 Å². The zero-order valence-electron chi connectivity index (χ0n) is 14.5. The van der Waals surface area contributed by atoms with E-state index in [2.05, 4.69) is 15.2 Å². The molecule has 2 aromatic rings. The number of amides is 1. The molecule has 0 bridgehead atoms. The number of hydrogen-bond acceptors (Lipinski definition) is 6. The zero-order chi connectivity index (χ0) is 17.8. The first-order valence-corrected chi connectivity index (χ1v) is 8.98. The van der Waals surface area contributed by atoms with Gasteiger partial charge in [0, 0.05) is 12.7 Å². The van der Waals surface area contributed by atoms with Crippen LogP contribution in [0.3, 0.4) is 0 Å². The van der Waals surface area contributed by atoms with Crippen molar-refractivity contribution in [2.45, 2.75) is 31.6 Å². The summed E-state index contributed by atoms with van der Waals surface area (Å²) in [6.07, 6.45) is 6.76. The Kier molecular flexibility index (Phi) is 5.17. The van der Waals surface area contributed by atoms with E-state index in [0.29, 0.717) is 37.8 Å². The predicted molar refractivity (Wildman–Crippen MR) is 93.2 cm³/mol. The van der Waals surface area contributed by atoms with E-state index in [1.807, 2.05) is 23.1 Å². The molecular formula is C19H22N4O3. The molecule has 7 nitrogen and oxygen atoms in total. The van der Waals surface area contributed by atoms with Crippen LogP contribution in [0.4, 0.5) is 0 Å². The highest BCUT2D eigenvalue weighted by Gasteiger charge is 2.43.